The number of piperazine rings is 1. The Hall–Kier alpha value is -1.58. The molecule has 1 saturated carbocycles. The lowest BCUT2D eigenvalue weighted by Crippen LogP contribution is -2.52. The summed E-state index contributed by atoms with van der Waals surface area (Å²) in [7, 11) is 0. The quantitative estimate of drug-likeness (QED) is 0.382. The molecule has 0 spiro atoms. The van der Waals surface area contributed by atoms with Gasteiger partial charge in [-0.1, -0.05) is 19.8 Å². The van der Waals surface area contributed by atoms with E-state index in [1.165, 1.54) is 17.0 Å². The van der Waals surface area contributed by atoms with Crippen LogP contribution in [0.15, 0.2) is 17.0 Å². The fraction of sp³-hybridized carbons (Fsp3) is 0.667. The van der Waals surface area contributed by atoms with E-state index in [1.54, 1.807) is 11.8 Å². The maximum absolute atomic E-state index is 14.5. The minimum absolute atomic E-state index is 0.155. The Bertz CT molecular complexity index is 823. The Balaban J connectivity index is 1.67. The van der Waals surface area contributed by atoms with Gasteiger partial charge in [0.25, 0.3) is 5.92 Å². The van der Waals surface area contributed by atoms with E-state index in [1.807, 2.05) is 6.92 Å². The van der Waals surface area contributed by atoms with E-state index in [0.717, 1.165) is 6.42 Å². The van der Waals surface area contributed by atoms with E-state index in [0.29, 0.717) is 28.6 Å². The summed E-state index contributed by atoms with van der Waals surface area (Å²) in [5, 5.41) is 0. The number of carbonyl (C=O) groups is 1. The Morgan fingerprint density at radius 2 is 1.77 bits per heavy atom. The van der Waals surface area contributed by atoms with Crippen LogP contribution in [0, 0.1) is 18.2 Å². The maximum atomic E-state index is 14.5. The summed E-state index contributed by atoms with van der Waals surface area (Å²) in [4.78, 5) is 16.2. The number of alkyl halides is 5. The summed E-state index contributed by atoms with van der Waals surface area (Å²) in [6.07, 6.45) is -3.34. The highest BCUT2D eigenvalue weighted by Gasteiger charge is 2.75. The second-order valence-corrected chi connectivity index (χ2v) is 9.34. The van der Waals surface area contributed by atoms with Gasteiger partial charge in [0.05, 0.1) is 11.4 Å². The molecule has 0 aromatic heterocycles. The van der Waals surface area contributed by atoms with Crippen molar-refractivity contribution in [3.05, 3.63) is 23.5 Å². The van der Waals surface area contributed by atoms with Gasteiger partial charge in [-0.05, 0) is 31.0 Å². The van der Waals surface area contributed by atoms with E-state index < -0.39 is 41.4 Å². The Morgan fingerprint density at radius 1 is 1.16 bits per heavy atom. The first kappa shape index (κ1) is 24.1. The summed E-state index contributed by atoms with van der Waals surface area (Å²) in [6, 6.07) is 2.60. The molecular formula is C21H26F6N2OS. The number of hydrogen-bond acceptors (Lipinski definition) is 3. The van der Waals surface area contributed by atoms with Crippen molar-refractivity contribution in [2.75, 3.05) is 36.8 Å². The summed E-state index contributed by atoms with van der Waals surface area (Å²) in [5.74, 6) is -5.16. The minimum atomic E-state index is -4.34. The standard InChI is InChI=1S/C21H26F6N2OS/c1-3-4-5-19(12-20(19,23)24)18(30)29-8-6-28(7-9-29)16-11-17(14(2)10-15(16)22)31-13-21(25,26)27/h10-11H,3-9,12-13H2,1-2H3. The van der Waals surface area contributed by atoms with Crippen LogP contribution in [-0.4, -0.2) is 54.8 Å². The van der Waals surface area contributed by atoms with Crippen molar-refractivity contribution in [1.29, 1.82) is 0 Å². The van der Waals surface area contributed by atoms with Crippen LogP contribution in [0.3, 0.4) is 0 Å². The summed E-state index contributed by atoms with van der Waals surface area (Å²) in [6.45, 7) is 4.22. The van der Waals surface area contributed by atoms with Crippen LogP contribution in [0.1, 0.15) is 38.2 Å². The Labute approximate surface area is 182 Å². The number of hydrogen-bond donors (Lipinski definition) is 0. The van der Waals surface area contributed by atoms with Crippen LogP contribution in [0.2, 0.25) is 0 Å². The molecule has 2 aliphatic rings. The lowest BCUT2D eigenvalue weighted by molar-refractivity contribution is -0.141. The fourth-order valence-electron chi connectivity index (χ4n) is 4.08. The van der Waals surface area contributed by atoms with Crippen LogP contribution in [-0.2, 0) is 4.79 Å². The molecule has 174 valence electrons. The molecule has 1 amide bonds. The molecule has 1 saturated heterocycles. The first-order chi connectivity index (χ1) is 14.4. The van der Waals surface area contributed by atoms with Crippen molar-refractivity contribution in [3.63, 3.8) is 0 Å². The normalized spacial score (nSPS) is 23.2. The number of unbranched alkanes of at least 4 members (excludes halogenated alkanes) is 1. The minimum Gasteiger partial charge on any atom is -0.366 e. The van der Waals surface area contributed by atoms with Gasteiger partial charge in [-0.2, -0.15) is 13.2 Å². The van der Waals surface area contributed by atoms with Crippen LogP contribution in [0.4, 0.5) is 32.0 Å². The molecule has 1 aliphatic heterocycles. The monoisotopic (exact) mass is 468 g/mol. The molecule has 1 aromatic rings. The smallest absolute Gasteiger partial charge is 0.366 e. The van der Waals surface area contributed by atoms with Gasteiger partial charge in [-0.15, -0.1) is 11.8 Å². The predicted octanol–water partition coefficient (Wildman–Crippen LogP) is 5.65. The topological polar surface area (TPSA) is 23.6 Å². The molecule has 10 heteroatoms. The molecule has 0 radical (unpaired) electrons. The van der Waals surface area contributed by atoms with Crippen LogP contribution in [0.5, 0.6) is 0 Å². The van der Waals surface area contributed by atoms with Crippen molar-refractivity contribution in [1.82, 2.24) is 4.90 Å². The number of amides is 1. The van der Waals surface area contributed by atoms with Gasteiger partial charge in [-0.3, -0.25) is 4.79 Å². The van der Waals surface area contributed by atoms with Crippen molar-refractivity contribution in [3.8, 4) is 0 Å². The molecule has 3 nitrogen and oxygen atoms in total. The molecule has 0 N–H and O–H groups in total. The van der Waals surface area contributed by atoms with Crippen molar-refractivity contribution >= 4 is 23.4 Å². The molecular weight excluding hydrogens is 442 g/mol. The highest BCUT2D eigenvalue weighted by Crippen LogP contribution is 2.64. The number of halogens is 6. The van der Waals surface area contributed by atoms with Crippen LogP contribution in [0.25, 0.3) is 0 Å². The van der Waals surface area contributed by atoms with Crippen molar-refractivity contribution in [2.24, 2.45) is 5.41 Å². The molecule has 1 atom stereocenters. The highest BCUT2D eigenvalue weighted by molar-refractivity contribution is 7.99. The first-order valence-corrected chi connectivity index (χ1v) is 11.3. The predicted molar refractivity (Wildman–Crippen MR) is 108 cm³/mol. The van der Waals surface area contributed by atoms with Gasteiger partial charge in [-0.25, -0.2) is 13.2 Å². The summed E-state index contributed by atoms with van der Waals surface area (Å²) >= 11 is 0.599. The average molecular weight is 469 g/mol. The van der Waals surface area contributed by atoms with E-state index in [9.17, 15) is 31.1 Å². The van der Waals surface area contributed by atoms with Crippen molar-refractivity contribution in [2.45, 2.75) is 56.5 Å². The molecule has 2 fully saturated rings. The lowest BCUT2D eigenvalue weighted by Gasteiger charge is -2.38. The van der Waals surface area contributed by atoms with Crippen LogP contribution >= 0.6 is 11.8 Å². The summed E-state index contributed by atoms with van der Waals surface area (Å²) in [5.41, 5.74) is -1.03. The zero-order valence-corrected chi connectivity index (χ0v) is 18.3. The number of rotatable bonds is 7. The number of benzene rings is 1. The number of nitrogens with zero attached hydrogens (tertiary/aromatic N) is 2. The molecule has 1 unspecified atom stereocenters. The number of anilines is 1. The van der Waals surface area contributed by atoms with E-state index in [2.05, 4.69) is 0 Å². The third kappa shape index (κ3) is 5.09. The highest BCUT2D eigenvalue weighted by atomic mass is 32.2. The zero-order valence-electron chi connectivity index (χ0n) is 17.5. The van der Waals surface area contributed by atoms with Gasteiger partial charge in [0.2, 0.25) is 5.91 Å². The van der Waals surface area contributed by atoms with E-state index in [-0.39, 0.29) is 38.3 Å². The first-order valence-electron chi connectivity index (χ1n) is 10.3. The fourth-order valence-corrected chi connectivity index (χ4v) is 4.88. The van der Waals surface area contributed by atoms with E-state index in [4.69, 9.17) is 0 Å². The number of carbonyl (C=O) groups excluding carboxylic acids is 1. The molecule has 0 bridgehead atoms. The Morgan fingerprint density at radius 3 is 2.29 bits per heavy atom. The third-order valence-electron chi connectivity index (χ3n) is 6.01. The second kappa shape index (κ2) is 8.75. The molecule has 1 heterocycles. The Kier molecular flexibility index (Phi) is 6.79. The molecule has 1 aromatic carbocycles. The second-order valence-electron chi connectivity index (χ2n) is 8.32. The lowest BCUT2D eigenvalue weighted by atomic mass is 9.96. The van der Waals surface area contributed by atoms with Gasteiger partial charge in [0, 0.05) is 37.5 Å². The SMILES string of the molecule is CCCCC1(C(=O)N2CCN(c3cc(SCC(F)(F)F)c(C)cc3F)CC2)CC1(F)F. The summed E-state index contributed by atoms with van der Waals surface area (Å²) < 4.78 is 80.3. The molecule has 31 heavy (non-hydrogen) atoms. The van der Waals surface area contributed by atoms with Gasteiger partial charge in [0.15, 0.2) is 0 Å². The molecule has 1 aliphatic carbocycles. The number of thioether (sulfide) groups is 1. The number of aryl methyl sites for hydroxylation is 1. The van der Waals surface area contributed by atoms with Gasteiger partial charge in [0.1, 0.15) is 11.2 Å². The van der Waals surface area contributed by atoms with Crippen molar-refractivity contribution < 1.29 is 31.1 Å². The van der Waals surface area contributed by atoms with E-state index >= 15 is 0 Å². The molecule has 3 rings (SSSR count). The maximum Gasteiger partial charge on any atom is 0.398 e. The van der Waals surface area contributed by atoms with Gasteiger partial charge >= 0.3 is 6.18 Å². The third-order valence-corrected chi connectivity index (χ3v) is 7.23. The average Bonchev–Trinajstić information content (AvgIpc) is 3.26. The zero-order chi connectivity index (χ0) is 23.0. The largest absolute Gasteiger partial charge is 0.398 e. The van der Waals surface area contributed by atoms with Gasteiger partial charge < -0.3 is 9.80 Å². The van der Waals surface area contributed by atoms with Crippen LogP contribution < -0.4 is 4.90 Å².